The van der Waals surface area contributed by atoms with Gasteiger partial charge in [0.1, 0.15) is 5.82 Å². The summed E-state index contributed by atoms with van der Waals surface area (Å²) in [6.07, 6.45) is 3.18. The number of hydrogen-bond acceptors (Lipinski definition) is 6. The Balaban J connectivity index is 1.99. The van der Waals surface area contributed by atoms with E-state index in [0.717, 1.165) is 9.21 Å². The zero-order chi connectivity index (χ0) is 11.4. The Bertz CT molecular complexity index is 472. The Labute approximate surface area is 102 Å². The molecular weight excluding hydrogens is 246 g/mol. The molecule has 0 radical (unpaired) electrons. The number of nitrogens with one attached hydrogen (secondary N) is 2. The van der Waals surface area contributed by atoms with E-state index in [1.165, 1.54) is 11.3 Å². The first-order chi connectivity index (χ1) is 7.78. The number of halogens is 1. The summed E-state index contributed by atoms with van der Waals surface area (Å²) in [6.45, 7) is 0.667. The molecule has 84 valence electrons. The molecule has 0 bridgehead atoms. The van der Waals surface area contributed by atoms with E-state index in [-0.39, 0.29) is 0 Å². The second-order valence-electron chi connectivity index (χ2n) is 2.99. The SMILES string of the molecule is NNc1cncc(NCc2ccc(Cl)s2)n1. The highest BCUT2D eigenvalue weighted by atomic mass is 35.5. The summed E-state index contributed by atoms with van der Waals surface area (Å²) in [5.41, 5.74) is 2.44. The van der Waals surface area contributed by atoms with Crippen molar-refractivity contribution in [3.05, 3.63) is 33.7 Å². The molecule has 0 unspecified atom stereocenters. The minimum atomic E-state index is 0.522. The van der Waals surface area contributed by atoms with Crippen LogP contribution in [0.5, 0.6) is 0 Å². The third-order valence-corrected chi connectivity index (χ3v) is 3.09. The van der Waals surface area contributed by atoms with Gasteiger partial charge in [-0.3, -0.25) is 4.98 Å². The summed E-state index contributed by atoms with van der Waals surface area (Å²) in [5.74, 6) is 6.42. The second-order valence-corrected chi connectivity index (χ2v) is 4.79. The summed E-state index contributed by atoms with van der Waals surface area (Å²) in [7, 11) is 0. The van der Waals surface area contributed by atoms with Gasteiger partial charge in [0.15, 0.2) is 5.82 Å². The standard InChI is InChI=1S/C9H10ClN5S/c10-7-2-1-6(16-7)3-13-8-4-12-5-9(14-8)15-11/h1-2,4-5H,3,11H2,(H2,13,14,15). The lowest BCUT2D eigenvalue weighted by atomic mass is 10.4. The van der Waals surface area contributed by atoms with Crippen LogP contribution >= 0.6 is 22.9 Å². The van der Waals surface area contributed by atoms with Gasteiger partial charge in [0, 0.05) is 4.88 Å². The molecule has 0 aliphatic heterocycles. The zero-order valence-electron chi connectivity index (χ0n) is 8.27. The van der Waals surface area contributed by atoms with Crippen LogP contribution in [-0.4, -0.2) is 9.97 Å². The van der Waals surface area contributed by atoms with Crippen molar-refractivity contribution in [3.63, 3.8) is 0 Å². The lowest BCUT2D eigenvalue weighted by Gasteiger charge is -2.04. The largest absolute Gasteiger partial charge is 0.364 e. The van der Waals surface area contributed by atoms with Crippen LogP contribution in [0.3, 0.4) is 0 Å². The van der Waals surface area contributed by atoms with Gasteiger partial charge in [-0.2, -0.15) is 0 Å². The van der Waals surface area contributed by atoms with Crippen molar-refractivity contribution in [3.8, 4) is 0 Å². The fourth-order valence-electron chi connectivity index (χ4n) is 1.15. The highest BCUT2D eigenvalue weighted by molar-refractivity contribution is 7.16. The highest BCUT2D eigenvalue weighted by Gasteiger charge is 2.00. The second kappa shape index (κ2) is 5.11. The summed E-state index contributed by atoms with van der Waals surface area (Å²) in [5, 5.41) is 3.13. The number of nitrogens with two attached hydrogens (primary N) is 1. The Morgan fingerprint density at radius 3 is 2.81 bits per heavy atom. The van der Waals surface area contributed by atoms with Gasteiger partial charge in [0.2, 0.25) is 0 Å². The van der Waals surface area contributed by atoms with Crippen molar-refractivity contribution in [2.75, 3.05) is 10.7 Å². The van der Waals surface area contributed by atoms with Crippen LogP contribution < -0.4 is 16.6 Å². The number of hydrazine groups is 1. The van der Waals surface area contributed by atoms with Gasteiger partial charge in [-0.1, -0.05) is 11.6 Å². The van der Waals surface area contributed by atoms with Crippen LogP contribution in [-0.2, 0) is 6.54 Å². The van der Waals surface area contributed by atoms with Crippen LogP contribution in [0.1, 0.15) is 4.88 Å². The molecule has 7 heteroatoms. The number of thiophene rings is 1. The van der Waals surface area contributed by atoms with Crippen molar-refractivity contribution in [1.29, 1.82) is 0 Å². The lowest BCUT2D eigenvalue weighted by Crippen LogP contribution is -2.10. The summed E-state index contributed by atoms with van der Waals surface area (Å²) in [4.78, 5) is 9.29. The minimum Gasteiger partial charge on any atom is -0.364 e. The van der Waals surface area contributed by atoms with E-state index >= 15 is 0 Å². The molecule has 0 atom stereocenters. The molecule has 4 N–H and O–H groups in total. The maximum atomic E-state index is 5.83. The number of aromatic nitrogens is 2. The summed E-state index contributed by atoms with van der Waals surface area (Å²) < 4.78 is 0.778. The maximum absolute atomic E-state index is 5.83. The molecule has 0 amide bonds. The molecule has 0 saturated carbocycles. The number of rotatable bonds is 4. The van der Waals surface area contributed by atoms with Crippen LogP contribution in [0, 0.1) is 0 Å². The smallest absolute Gasteiger partial charge is 0.160 e. The molecule has 5 nitrogen and oxygen atoms in total. The van der Waals surface area contributed by atoms with Crippen LogP contribution in [0.2, 0.25) is 4.34 Å². The van der Waals surface area contributed by atoms with Gasteiger partial charge in [-0.05, 0) is 12.1 Å². The van der Waals surface area contributed by atoms with E-state index in [1.54, 1.807) is 12.4 Å². The summed E-state index contributed by atoms with van der Waals surface area (Å²) in [6, 6.07) is 3.84. The normalized spacial score (nSPS) is 10.1. The molecule has 0 aromatic carbocycles. The Morgan fingerprint density at radius 2 is 2.12 bits per heavy atom. The molecule has 0 saturated heterocycles. The van der Waals surface area contributed by atoms with Gasteiger partial charge >= 0.3 is 0 Å². The topological polar surface area (TPSA) is 75.9 Å². The Kier molecular flexibility index (Phi) is 3.55. The third-order valence-electron chi connectivity index (χ3n) is 1.86. The third kappa shape index (κ3) is 2.82. The van der Waals surface area contributed by atoms with Crippen LogP contribution in [0.15, 0.2) is 24.5 Å². The zero-order valence-corrected chi connectivity index (χ0v) is 9.85. The van der Waals surface area contributed by atoms with Crippen molar-refractivity contribution in [2.24, 2.45) is 5.84 Å². The fourth-order valence-corrected chi connectivity index (χ4v) is 2.17. The van der Waals surface area contributed by atoms with Crippen molar-refractivity contribution < 1.29 is 0 Å². The number of hydrogen-bond donors (Lipinski definition) is 3. The maximum Gasteiger partial charge on any atom is 0.160 e. The Morgan fingerprint density at radius 1 is 1.31 bits per heavy atom. The van der Waals surface area contributed by atoms with Crippen molar-refractivity contribution in [2.45, 2.75) is 6.54 Å². The first-order valence-electron chi connectivity index (χ1n) is 4.54. The molecular formula is C9H10ClN5S. The molecule has 0 aliphatic carbocycles. The van der Waals surface area contributed by atoms with E-state index in [9.17, 15) is 0 Å². The molecule has 0 aliphatic rings. The lowest BCUT2D eigenvalue weighted by molar-refractivity contribution is 1.09. The molecule has 0 fully saturated rings. The van der Waals surface area contributed by atoms with E-state index in [1.807, 2.05) is 12.1 Å². The van der Waals surface area contributed by atoms with Gasteiger partial charge in [0.05, 0.1) is 23.3 Å². The molecule has 2 aromatic heterocycles. The van der Waals surface area contributed by atoms with Gasteiger partial charge in [-0.15, -0.1) is 11.3 Å². The number of anilines is 2. The molecule has 0 spiro atoms. The minimum absolute atomic E-state index is 0.522. The molecule has 2 heterocycles. The van der Waals surface area contributed by atoms with E-state index in [0.29, 0.717) is 18.2 Å². The van der Waals surface area contributed by atoms with E-state index in [4.69, 9.17) is 17.4 Å². The summed E-state index contributed by atoms with van der Waals surface area (Å²) >= 11 is 7.36. The predicted octanol–water partition coefficient (Wildman–Crippen LogP) is 2.09. The number of nitrogen functional groups attached to an aromatic ring is 1. The van der Waals surface area contributed by atoms with Crippen LogP contribution in [0.25, 0.3) is 0 Å². The number of nitrogens with zero attached hydrogens (tertiary/aromatic N) is 2. The molecule has 2 aromatic rings. The average Bonchev–Trinajstić information content (AvgIpc) is 2.73. The van der Waals surface area contributed by atoms with E-state index in [2.05, 4.69) is 20.7 Å². The first kappa shape index (κ1) is 11.1. The van der Waals surface area contributed by atoms with Gasteiger partial charge in [-0.25, -0.2) is 10.8 Å². The van der Waals surface area contributed by atoms with Crippen molar-refractivity contribution in [1.82, 2.24) is 9.97 Å². The van der Waals surface area contributed by atoms with Gasteiger partial charge in [0.25, 0.3) is 0 Å². The first-order valence-corrected chi connectivity index (χ1v) is 5.74. The fraction of sp³-hybridized carbons (Fsp3) is 0.111. The van der Waals surface area contributed by atoms with E-state index < -0.39 is 0 Å². The average molecular weight is 256 g/mol. The van der Waals surface area contributed by atoms with Crippen LogP contribution in [0.4, 0.5) is 11.6 Å². The van der Waals surface area contributed by atoms with Crippen molar-refractivity contribution >= 4 is 34.6 Å². The predicted molar refractivity (Wildman–Crippen MR) is 66.5 cm³/mol. The van der Waals surface area contributed by atoms with Gasteiger partial charge < -0.3 is 10.7 Å². The monoisotopic (exact) mass is 255 g/mol. The highest BCUT2D eigenvalue weighted by Crippen LogP contribution is 2.22. The quantitative estimate of drug-likeness (QED) is 0.576. The molecule has 2 rings (SSSR count). The molecule has 16 heavy (non-hydrogen) atoms. The Hall–Kier alpha value is -1.37.